The summed E-state index contributed by atoms with van der Waals surface area (Å²) in [5.41, 5.74) is 0. The Bertz CT molecular complexity index is 250. The molecule has 86 valence electrons. The predicted octanol–water partition coefficient (Wildman–Crippen LogP) is 1.00. The van der Waals surface area contributed by atoms with Gasteiger partial charge in [-0.1, -0.05) is 22.6 Å². The van der Waals surface area contributed by atoms with Crippen LogP contribution in [-0.2, 0) is 9.53 Å². The second-order valence-corrected chi connectivity index (χ2v) is 7.96. The van der Waals surface area contributed by atoms with Crippen molar-refractivity contribution in [2.45, 2.75) is 61.1 Å². The molecule has 0 amide bonds. The topological polar surface area (TPSA) is 42.9 Å². The van der Waals surface area contributed by atoms with E-state index in [-0.39, 0.29) is 12.1 Å². The number of nitrogens with two attached hydrogens (primary N) is 1. The first-order valence-electron chi connectivity index (χ1n) is 5.70. The van der Waals surface area contributed by atoms with Crippen molar-refractivity contribution in [3.05, 3.63) is 0 Å². The predicted molar refractivity (Wildman–Crippen MR) is 65.9 cm³/mol. The highest BCUT2D eigenvalue weighted by molar-refractivity contribution is 14.1. The van der Waals surface area contributed by atoms with Crippen LogP contribution in [0, 0.1) is 0 Å². The number of rotatable bonds is 2. The Morgan fingerprint density at radius 2 is 1.87 bits per heavy atom. The molecule has 2 saturated heterocycles. The van der Waals surface area contributed by atoms with Crippen LogP contribution in [0.25, 0.3) is 0 Å². The first kappa shape index (κ1) is 11.6. The maximum atomic E-state index is 11.7. The van der Waals surface area contributed by atoms with Crippen molar-refractivity contribution < 1.29 is 14.8 Å². The third kappa shape index (κ3) is 2.84. The fraction of sp³-hybridized carbons (Fsp3) is 0.909. The molecule has 2 N–H and O–H groups in total. The summed E-state index contributed by atoms with van der Waals surface area (Å²) in [5.74, 6) is -0.0607. The van der Waals surface area contributed by atoms with E-state index >= 15 is 0 Å². The molecule has 0 aromatic rings. The summed E-state index contributed by atoms with van der Waals surface area (Å²) < 4.78 is 5.18. The van der Waals surface area contributed by atoms with Crippen LogP contribution in [-0.4, -0.2) is 27.6 Å². The standard InChI is InChI=1S/C11H18INO2/c1-11(2,12)10(14)15-9-5-7-3-4-8(6-9)13-7/h7-9,13H,3-6H2,1-2H3/p+1. The number of fused-ring (bicyclic) bond motifs is 2. The number of quaternary nitrogens is 1. The first-order valence-corrected chi connectivity index (χ1v) is 6.78. The molecule has 2 aliphatic heterocycles. The lowest BCUT2D eigenvalue weighted by Gasteiger charge is -2.28. The zero-order valence-corrected chi connectivity index (χ0v) is 11.5. The van der Waals surface area contributed by atoms with E-state index in [1.54, 1.807) is 0 Å². The summed E-state index contributed by atoms with van der Waals surface area (Å²) >= 11 is 2.14. The Labute approximate surface area is 104 Å². The van der Waals surface area contributed by atoms with E-state index in [1.165, 1.54) is 12.8 Å². The van der Waals surface area contributed by atoms with Crippen LogP contribution in [0.2, 0.25) is 0 Å². The smallest absolute Gasteiger partial charge is 0.321 e. The molecule has 0 aliphatic carbocycles. The highest BCUT2D eigenvalue weighted by atomic mass is 127. The van der Waals surface area contributed by atoms with Gasteiger partial charge in [-0.25, -0.2) is 0 Å². The summed E-state index contributed by atoms with van der Waals surface area (Å²) in [5, 5.41) is 2.46. The Morgan fingerprint density at radius 1 is 1.33 bits per heavy atom. The number of carbonyl (C=O) groups excluding carboxylic acids is 1. The molecule has 2 atom stereocenters. The minimum Gasteiger partial charge on any atom is -0.461 e. The molecule has 0 aromatic heterocycles. The Hall–Kier alpha value is 0.160. The molecule has 3 nitrogen and oxygen atoms in total. The molecule has 2 unspecified atom stereocenters. The molecule has 2 heterocycles. The number of esters is 1. The third-order valence-corrected chi connectivity index (χ3v) is 3.78. The summed E-state index contributed by atoms with van der Waals surface area (Å²) in [4.78, 5) is 11.7. The van der Waals surface area contributed by atoms with Gasteiger partial charge in [-0.3, -0.25) is 4.79 Å². The summed E-state index contributed by atoms with van der Waals surface area (Å²) in [6.45, 7) is 3.80. The minimum atomic E-state index is -0.391. The van der Waals surface area contributed by atoms with Crippen molar-refractivity contribution in [3.8, 4) is 0 Å². The molecule has 0 spiro atoms. The van der Waals surface area contributed by atoms with Crippen LogP contribution >= 0.6 is 22.6 Å². The van der Waals surface area contributed by atoms with Crippen LogP contribution in [0.5, 0.6) is 0 Å². The van der Waals surface area contributed by atoms with Crippen molar-refractivity contribution in [3.63, 3.8) is 0 Å². The van der Waals surface area contributed by atoms with Gasteiger partial charge < -0.3 is 10.1 Å². The summed E-state index contributed by atoms with van der Waals surface area (Å²) in [6.07, 6.45) is 4.87. The van der Waals surface area contributed by atoms with Crippen molar-refractivity contribution in [1.29, 1.82) is 0 Å². The van der Waals surface area contributed by atoms with Gasteiger partial charge >= 0.3 is 5.97 Å². The van der Waals surface area contributed by atoms with Crippen LogP contribution in [0.3, 0.4) is 0 Å². The lowest BCUT2D eigenvalue weighted by atomic mass is 10.0. The van der Waals surface area contributed by atoms with Gasteiger partial charge in [-0.2, -0.15) is 0 Å². The quantitative estimate of drug-likeness (QED) is 0.468. The Kier molecular flexibility index (Phi) is 3.26. The highest BCUT2D eigenvalue weighted by Gasteiger charge is 2.40. The molecule has 0 radical (unpaired) electrons. The Morgan fingerprint density at radius 3 is 2.33 bits per heavy atom. The molecule has 2 bridgehead atoms. The number of piperidine rings is 1. The Balaban J connectivity index is 1.88. The van der Waals surface area contributed by atoms with Gasteiger partial charge in [-0.05, 0) is 13.8 Å². The summed E-state index contributed by atoms with van der Waals surface area (Å²) in [6, 6.07) is 1.41. The van der Waals surface area contributed by atoms with E-state index < -0.39 is 3.42 Å². The molecule has 0 saturated carbocycles. The largest absolute Gasteiger partial charge is 0.461 e. The van der Waals surface area contributed by atoms with Crippen molar-refractivity contribution >= 4 is 28.6 Å². The van der Waals surface area contributed by atoms with E-state index in [2.05, 4.69) is 27.9 Å². The van der Waals surface area contributed by atoms with Gasteiger partial charge in [0.1, 0.15) is 9.53 Å². The number of hydrogen-bond donors (Lipinski definition) is 1. The first-order chi connectivity index (χ1) is 6.95. The molecular weight excluding hydrogens is 305 g/mol. The molecule has 2 fully saturated rings. The van der Waals surface area contributed by atoms with Gasteiger partial charge in [0.2, 0.25) is 0 Å². The molecular formula is C11H19INO2+. The molecule has 4 heteroatoms. The molecule has 15 heavy (non-hydrogen) atoms. The van der Waals surface area contributed by atoms with Gasteiger partial charge in [-0.15, -0.1) is 0 Å². The van der Waals surface area contributed by atoms with Gasteiger partial charge in [0.05, 0.1) is 12.1 Å². The molecule has 2 aliphatic rings. The van der Waals surface area contributed by atoms with Crippen LogP contribution in [0.4, 0.5) is 0 Å². The number of alkyl halides is 1. The maximum Gasteiger partial charge on any atom is 0.321 e. The highest BCUT2D eigenvalue weighted by Crippen LogP contribution is 2.26. The van der Waals surface area contributed by atoms with Crippen LogP contribution in [0.1, 0.15) is 39.5 Å². The van der Waals surface area contributed by atoms with Gasteiger partial charge in [0.15, 0.2) is 0 Å². The maximum absolute atomic E-state index is 11.7. The minimum absolute atomic E-state index is 0.0607. The normalized spacial score (nSPS) is 35.3. The monoisotopic (exact) mass is 324 g/mol. The second kappa shape index (κ2) is 4.20. The van der Waals surface area contributed by atoms with Crippen LogP contribution in [0.15, 0.2) is 0 Å². The van der Waals surface area contributed by atoms with E-state index in [0.29, 0.717) is 12.1 Å². The summed E-state index contributed by atoms with van der Waals surface area (Å²) in [7, 11) is 0. The SMILES string of the molecule is CC(C)(I)C(=O)OC1CC2CCC(C1)[NH2+]2. The average molecular weight is 324 g/mol. The molecule has 2 rings (SSSR count). The van der Waals surface area contributed by atoms with Crippen molar-refractivity contribution in [1.82, 2.24) is 0 Å². The lowest BCUT2D eigenvalue weighted by Crippen LogP contribution is -2.93. The van der Waals surface area contributed by atoms with E-state index in [4.69, 9.17) is 4.74 Å². The average Bonchev–Trinajstić information content (AvgIpc) is 2.44. The van der Waals surface area contributed by atoms with Gasteiger partial charge in [0.25, 0.3) is 0 Å². The lowest BCUT2D eigenvalue weighted by molar-refractivity contribution is -0.712. The number of ether oxygens (including phenoxy) is 1. The van der Waals surface area contributed by atoms with E-state index in [0.717, 1.165) is 12.8 Å². The van der Waals surface area contributed by atoms with Crippen molar-refractivity contribution in [2.75, 3.05) is 0 Å². The number of carbonyl (C=O) groups is 1. The van der Waals surface area contributed by atoms with E-state index in [1.807, 2.05) is 13.8 Å². The fourth-order valence-corrected chi connectivity index (χ4v) is 2.68. The number of hydrogen-bond acceptors (Lipinski definition) is 2. The molecule has 0 aromatic carbocycles. The second-order valence-electron chi connectivity index (χ2n) is 5.26. The fourth-order valence-electron chi connectivity index (χ4n) is 2.56. The third-order valence-electron chi connectivity index (χ3n) is 3.34. The zero-order valence-electron chi connectivity index (χ0n) is 9.33. The van der Waals surface area contributed by atoms with Crippen LogP contribution < -0.4 is 5.32 Å². The van der Waals surface area contributed by atoms with Crippen molar-refractivity contribution in [2.24, 2.45) is 0 Å². The van der Waals surface area contributed by atoms with E-state index in [9.17, 15) is 4.79 Å². The van der Waals surface area contributed by atoms with Gasteiger partial charge in [0, 0.05) is 25.7 Å². The zero-order chi connectivity index (χ0) is 11.1. The number of halogens is 1.